The Morgan fingerprint density at radius 2 is 2.00 bits per heavy atom. The zero-order chi connectivity index (χ0) is 10.0. The molecular weight excluding hydrogens is 179 g/mol. The van der Waals surface area contributed by atoms with E-state index in [2.05, 4.69) is 6.07 Å². The summed E-state index contributed by atoms with van der Waals surface area (Å²) in [7, 11) is 0. The third-order valence-electron chi connectivity index (χ3n) is 2.82. The molecule has 74 valence electrons. The highest BCUT2D eigenvalue weighted by molar-refractivity contribution is 5.32. The average Bonchev–Trinajstić information content (AvgIpc) is 2.17. The molecule has 0 amide bonds. The van der Waals surface area contributed by atoms with Crippen molar-refractivity contribution in [2.24, 2.45) is 0 Å². The SMILES string of the molecule is OC1(/C=C/F)CCc2ccccc2C1. The van der Waals surface area contributed by atoms with E-state index < -0.39 is 5.60 Å². The van der Waals surface area contributed by atoms with E-state index in [0.29, 0.717) is 19.2 Å². The minimum atomic E-state index is -0.983. The molecule has 0 saturated heterocycles. The first kappa shape index (κ1) is 9.41. The minimum absolute atomic E-state index is 0.438. The maximum absolute atomic E-state index is 12.1. The molecule has 0 saturated carbocycles. The van der Waals surface area contributed by atoms with E-state index >= 15 is 0 Å². The molecule has 1 aromatic carbocycles. The largest absolute Gasteiger partial charge is 0.385 e. The molecular formula is C12H13FO. The van der Waals surface area contributed by atoms with Gasteiger partial charge in [0.1, 0.15) is 0 Å². The number of hydrogen-bond acceptors (Lipinski definition) is 1. The summed E-state index contributed by atoms with van der Waals surface area (Å²) in [5.74, 6) is 0. The number of hydrogen-bond donors (Lipinski definition) is 1. The van der Waals surface area contributed by atoms with E-state index in [0.717, 1.165) is 12.0 Å². The summed E-state index contributed by atoms with van der Waals surface area (Å²) in [6, 6.07) is 8.00. The predicted octanol–water partition coefficient (Wildman–Crippen LogP) is 2.39. The van der Waals surface area contributed by atoms with Gasteiger partial charge in [0.05, 0.1) is 11.9 Å². The van der Waals surface area contributed by atoms with Gasteiger partial charge in [-0.05, 0) is 30.0 Å². The van der Waals surface area contributed by atoms with E-state index in [-0.39, 0.29) is 0 Å². The molecule has 0 aliphatic heterocycles. The number of rotatable bonds is 1. The van der Waals surface area contributed by atoms with Crippen molar-refractivity contribution in [3.05, 3.63) is 47.8 Å². The topological polar surface area (TPSA) is 20.2 Å². The third kappa shape index (κ3) is 1.70. The van der Waals surface area contributed by atoms with Crippen molar-refractivity contribution in [2.45, 2.75) is 24.9 Å². The van der Waals surface area contributed by atoms with Gasteiger partial charge in [-0.15, -0.1) is 0 Å². The van der Waals surface area contributed by atoms with Gasteiger partial charge in [-0.25, -0.2) is 4.39 Å². The Balaban J connectivity index is 2.29. The number of halogens is 1. The van der Waals surface area contributed by atoms with Gasteiger partial charge in [-0.2, -0.15) is 0 Å². The Bertz CT molecular complexity index is 359. The van der Waals surface area contributed by atoms with Crippen LogP contribution in [-0.2, 0) is 12.8 Å². The maximum Gasteiger partial charge on any atom is 0.0896 e. The van der Waals surface area contributed by atoms with Crippen LogP contribution in [0.1, 0.15) is 17.5 Å². The lowest BCUT2D eigenvalue weighted by Gasteiger charge is -2.30. The monoisotopic (exact) mass is 192 g/mol. The van der Waals surface area contributed by atoms with Crippen molar-refractivity contribution in [1.29, 1.82) is 0 Å². The molecule has 2 rings (SSSR count). The van der Waals surface area contributed by atoms with Crippen molar-refractivity contribution in [3.63, 3.8) is 0 Å². The zero-order valence-electron chi connectivity index (χ0n) is 7.91. The zero-order valence-corrected chi connectivity index (χ0v) is 7.91. The molecule has 14 heavy (non-hydrogen) atoms. The summed E-state index contributed by atoms with van der Waals surface area (Å²) in [5, 5.41) is 9.99. The molecule has 0 spiro atoms. The first-order valence-electron chi connectivity index (χ1n) is 4.81. The molecule has 1 nitrogen and oxygen atoms in total. The van der Waals surface area contributed by atoms with Crippen LogP contribution in [0.5, 0.6) is 0 Å². The highest BCUT2D eigenvalue weighted by Gasteiger charge is 2.29. The second-order valence-electron chi connectivity index (χ2n) is 3.84. The molecule has 0 fully saturated rings. The molecule has 1 N–H and O–H groups in total. The first-order valence-corrected chi connectivity index (χ1v) is 4.81. The van der Waals surface area contributed by atoms with Crippen LogP contribution in [0.25, 0.3) is 0 Å². The van der Waals surface area contributed by atoms with Crippen LogP contribution in [0.4, 0.5) is 4.39 Å². The lowest BCUT2D eigenvalue weighted by atomic mass is 9.80. The summed E-state index contributed by atoms with van der Waals surface area (Å²) < 4.78 is 12.1. The summed E-state index contributed by atoms with van der Waals surface area (Å²) in [4.78, 5) is 0. The van der Waals surface area contributed by atoms with Gasteiger partial charge in [0.15, 0.2) is 0 Å². The molecule has 1 aliphatic rings. The van der Waals surface area contributed by atoms with Gasteiger partial charge in [0.25, 0.3) is 0 Å². The molecule has 1 atom stereocenters. The molecule has 0 heterocycles. The Morgan fingerprint density at radius 1 is 1.29 bits per heavy atom. The number of benzene rings is 1. The number of aliphatic hydroxyl groups is 1. The predicted molar refractivity (Wildman–Crippen MR) is 53.7 cm³/mol. The fourth-order valence-corrected chi connectivity index (χ4v) is 2.00. The number of aryl methyl sites for hydroxylation is 1. The standard InChI is InChI=1S/C12H13FO/c13-8-7-12(14)6-5-10-3-1-2-4-11(10)9-12/h1-4,7-8,14H,5-6,9H2/b8-7+. The second kappa shape index (κ2) is 3.54. The lowest BCUT2D eigenvalue weighted by molar-refractivity contribution is 0.0750. The number of fused-ring (bicyclic) bond motifs is 1. The van der Waals surface area contributed by atoms with Gasteiger partial charge in [0, 0.05) is 6.42 Å². The smallest absolute Gasteiger partial charge is 0.0896 e. The van der Waals surface area contributed by atoms with E-state index in [1.165, 1.54) is 11.6 Å². The highest BCUT2D eigenvalue weighted by atomic mass is 19.1. The molecule has 0 bridgehead atoms. The van der Waals surface area contributed by atoms with Gasteiger partial charge in [0.2, 0.25) is 0 Å². The molecule has 0 radical (unpaired) electrons. The van der Waals surface area contributed by atoms with Crippen molar-refractivity contribution >= 4 is 0 Å². The molecule has 1 unspecified atom stereocenters. The van der Waals surface area contributed by atoms with Crippen molar-refractivity contribution in [1.82, 2.24) is 0 Å². The Morgan fingerprint density at radius 3 is 2.71 bits per heavy atom. The molecule has 1 aromatic rings. The first-order chi connectivity index (χ1) is 6.73. The summed E-state index contributed by atoms with van der Waals surface area (Å²) in [6.45, 7) is 0. The highest BCUT2D eigenvalue weighted by Crippen LogP contribution is 2.29. The second-order valence-corrected chi connectivity index (χ2v) is 3.84. The van der Waals surface area contributed by atoms with Crippen molar-refractivity contribution in [3.8, 4) is 0 Å². The molecule has 0 aromatic heterocycles. The Kier molecular flexibility index (Phi) is 2.38. The average molecular weight is 192 g/mol. The quantitative estimate of drug-likeness (QED) is 0.724. The van der Waals surface area contributed by atoms with Crippen LogP contribution in [0.3, 0.4) is 0 Å². The van der Waals surface area contributed by atoms with E-state index in [9.17, 15) is 9.50 Å². The van der Waals surface area contributed by atoms with E-state index in [4.69, 9.17) is 0 Å². The van der Waals surface area contributed by atoms with Crippen LogP contribution in [0, 0.1) is 0 Å². The van der Waals surface area contributed by atoms with Crippen LogP contribution >= 0.6 is 0 Å². The molecule has 1 aliphatic carbocycles. The van der Waals surface area contributed by atoms with Crippen LogP contribution in [-0.4, -0.2) is 10.7 Å². The van der Waals surface area contributed by atoms with Crippen LogP contribution < -0.4 is 0 Å². The van der Waals surface area contributed by atoms with Crippen LogP contribution in [0.15, 0.2) is 36.7 Å². The Labute approximate surface area is 82.9 Å². The van der Waals surface area contributed by atoms with Gasteiger partial charge in [-0.3, -0.25) is 0 Å². The van der Waals surface area contributed by atoms with E-state index in [1.807, 2.05) is 18.2 Å². The maximum atomic E-state index is 12.1. The lowest BCUT2D eigenvalue weighted by Crippen LogP contribution is -2.33. The summed E-state index contributed by atoms with van der Waals surface area (Å²) >= 11 is 0. The van der Waals surface area contributed by atoms with Crippen molar-refractivity contribution in [2.75, 3.05) is 0 Å². The fourth-order valence-electron chi connectivity index (χ4n) is 2.00. The third-order valence-corrected chi connectivity index (χ3v) is 2.82. The van der Waals surface area contributed by atoms with Crippen LogP contribution in [0.2, 0.25) is 0 Å². The van der Waals surface area contributed by atoms with Gasteiger partial charge < -0.3 is 5.11 Å². The fraction of sp³-hybridized carbons (Fsp3) is 0.333. The van der Waals surface area contributed by atoms with Gasteiger partial charge in [-0.1, -0.05) is 24.3 Å². The Hall–Kier alpha value is -1.15. The summed E-state index contributed by atoms with van der Waals surface area (Å²) in [6.07, 6.45) is 3.63. The molecule has 2 heteroatoms. The summed E-state index contributed by atoms with van der Waals surface area (Å²) in [5.41, 5.74) is 1.41. The van der Waals surface area contributed by atoms with Gasteiger partial charge >= 0.3 is 0 Å². The van der Waals surface area contributed by atoms with Crippen molar-refractivity contribution < 1.29 is 9.50 Å². The normalized spacial score (nSPS) is 26.4. The van der Waals surface area contributed by atoms with E-state index in [1.54, 1.807) is 0 Å². The minimum Gasteiger partial charge on any atom is -0.385 e.